The van der Waals surface area contributed by atoms with E-state index < -0.39 is 5.95 Å². The second kappa shape index (κ2) is 6.70. The molecule has 2 aromatic carbocycles. The second-order valence-corrected chi connectivity index (χ2v) is 6.08. The lowest BCUT2D eigenvalue weighted by molar-refractivity contribution is -0.772. The molecule has 1 aromatic heterocycles. The van der Waals surface area contributed by atoms with Gasteiger partial charge in [0.15, 0.2) is 13.0 Å². The number of rotatable bonds is 5. The van der Waals surface area contributed by atoms with Gasteiger partial charge in [0.2, 0.25) is 5.91 Å². The maximum absolute atomic E-state index is 12.0. The van der Waals surface area contributed by atoms with Crippen molar-refractivity contribution < 1.29 is 19.1 Å². The van der Waals surface area contributed by atoms with E-state index >= 15 is 0 Å². The van der Waals surface area contributed by atoms with Crippen LogP contribution in [-0.4, -0.2) is 16.9 Å². The molecule has 0 radical (unpaired) electrons. The smallest absolute Gasteiger partial charge is 0.290 e. The monoisotopic (exact) mass is 329 g/mol. The second-order valence-electron chi connectivity index (χ2n) is 5.00. The van der Waals surface area contributed by atoms with Gasteiger partial charge in [-0.05, 0) is 22.9 Å². The molecule has 1 heterocycles. The Kier molecular flexibility index (Phi) is 4.47. The van der Waals surface area contributed by atoms with Gasteiger partial charge in [-0.2, -0.15) is 0 Å². The Morgan fingerprint density at radius 3 is 2.83 bits per heavy atom. The molecule has 0 aliphatic rings. The maximum atomic E-state index is 12.0. The van der Waals surface area contributed by atoms with Crippen molar-refractivity contribution in [2.45, 2.75) is 11.4 Å². The van der Waals surface area contributed by atoms with Gasteiger partial charge in [0.25, 0.3) is 5.03 Å². The number of carbonyl (C=O) groups is 1. The highest BCUT2D eigenvalue weighted by Crippen LogP contribution is 2.22. The summed E-state index contributed by atoms with van der Waals surface area (Å²) in [4.78, 5) is 12.0. The van der Waals surface area contributed by atoms with E-state index in [4.69, 9.17) is 0 Å². The average molecular weight is 329 g/mol. The molecule has 1 amide bonds. The van der Waals surface area contributed by atoms with Crippen molar-refractivity contribution in [2.24, 2.45) is 7.05 Å². The number of aromatic nitrogens is 2. The average Bonchev–Trinajstić information content (AvgIpc) is 2.86. The normalized spacial score (nSPS) is 10.8. The molecule has 3 rings (SSSR count). The zero-order valence-corrected chi connectivity index (χ0v) is 13.3. The summed E-state index contributed by atoms with van der Waals surface area (Å²) in [6, 6.07) is 13.8. The van der Waals surface area contributed by atoms with E-state index in [1.54, 1.807) is 7.05 Å². The SMILES string of the molecule is C[n+]1noc([O-])c1SCCC(=O)Nc1ccc2ccccc2c1. The Morgan fingerprint density at radius 1 is 1.30 bits per heavy atom. The fraction of sp³-hybridized carbons (Fsp3) is 0.188. The molecular formula is C16H15N3O3S. The van der Waals surface area contributed by atoms with Crippen LogP contribution >= 0.6 is 11.8 Å². The summed E-state index contributed by atoms with van der Waals surface area (Å²) in [6.45, 7) is 0. The van der Waals surface area contributed by atoms with Gasteiger partial charge in [0.05, 0.1) is 5.27 Å². The highest BCUT2D eigenvalue weighted by molar-refractivity contribution is 7.99. The third-order valence-electron chi connectivity index (χ3n) is 3.32. The summed E-state index contributed by atoms with van der Waals surface area (Å²) in [7, 11) is 1.63. The van der Waals surface area contributed by atoms with E-state index in [9.17, 15) is 9.90 Å². The first-order valence-electron chi connectivity index (χ1n) is 7.08. The minimum atomic E-state index is -0.479. The molecule has 0 aliphatic heterocycles. The van der Waals surface area contributed by atoms with Crippen LogP contribution in [0, 0.1) is 0 Å². The van der Waals surface area contributed by atoms with Crippen LogP contribution < -0.4 is 15.1 Å². The number of hydrogen-bond acceptors (Lipinski definition) is 5. The van der Waals surface area contributed by atoms with Crippen molar-refractivity contribution in [3.05, 3.63) is 42.5 Å². The number of benzene rings is 2. The van der Waals surface area contributed by atoms with E-state index in [0.29, 0.717) is 17.2 Å². The van der Waals surface area contributed by atoms with Gasteiger partial charge in [0.1, 0.15) is 0 Å². The minimum Gasteiger partial charge on any atom is -0.538 e. The highest BCUT2D eigenvalue weighted by atomic mass is 32.2. The van der Waals surface area contributed by atoms with Crippen LogP contribution in [0.25, 0.3) is 10.8 Å². The number of nitrogens with one attached hydrogen (secondary N) is 1. The summed E-state index contributed by atoms with van der Waals surface area (Å²) < 4.78 is 5.89. The molecule has 0 unspecified atom stereocenters. The van der Waals surface area contributed by atoms with Gasteiger partial charge in [-0.15, -0.1) is 0 Å². The first-order chi connectivity index (χ1) is 11.1. The molecular weight excluding hydrogens is 314 g/mol. The van der Waals surface area contributed by atoms with Gasteiger partial charge < -0.3 is 14.9 Å². The van der Waals surface area contributed by atoms with Gasteiger partial charge in [0, 0.05) is 17.9 Å². The molecule has 0 aliphatic carbocycles. The van der Waals surface area contributed by atoms with Crippen LogP contribution in [0.2, 0.25) is 0 Å². The lowest BCUT2D eigenvalue weighted by Crippen LogP contribution is -2.32. The number of nitrogens with zero attached hydrogens (tertiary/aromatic N) is 2. The van der Waals surface area contributed by atoms with Crippen LogP contribution in [0.3, 0.4) is 0 Å². The Morgan fingerprint density at radius 2 is 2.09 bits per heavy atom. The van der Waals surface area contributed by atoms with E-state index in [1.807, 2.05) is 42.5 Å². The van der Waals surface area contributed by atoms with Gasteiger partial charge in [-0.1, -0.05) is 46.8 Å². The Labute approximate surface area is 137 Å². The Balaban J connectivity index is 1.56. The van der Waals surface area contributed by atoms with Crippen molar-refractivity contribution in [1.29, 1.82) is 0 Å². The van der Waals surface area contributed by atoms with Gasteiger partial charge in [-0.3, -0.25) is 4.79 Å². The van der Waals surface area contributed by atoms with E-state index in [-0.39, 0.29) is 5.91 Å². The quantitative estimate of drug-likeness (QED) is 0.570. The minimum absolute atomic E-state index is 0.0978. The first-order valence-corrected chi connectivity index (χ1v) is 8.06. The van der Waals surface area contributed by atoms with Crippen molar-refractivity contribution in [1.82, 2.24) is 5.27 Å². The number of amides is 1. The maximum Gasteiger partial charge on any atom is 0.290 e. The summed E-state index contributed by atoms with van der Waals surface area (Å²) in [5.74, 6) is -0.101. The van der Waals surface area contributed by atoms with Gasteiger partial charge >= 0.3 is 0 Å². The van der Waals surface area contributed by atoms with Crippen LogP contribution in [0.15, 0.2) is 52.0 Å². The third-order valence-corrected chi connectivity index (χ3v) is 4.43. The van der Waals surface area contributed by atoms with Crippen LogP contribution in [0.4, 0.5) is 5.69 Å². The molecule has 0 saturated heterocycles. The predicted molar refractivity (Wildman–Crippen MR) is 85.0 cm³/mol. The molecule has 23 heavy (non-hydrogen) atoms. The first kappa shape index (κ1) is 15.4. The van der Waals surface area contributed by atoms with Crippen LogP contribution in [-0.2, 0) is 11.8 Å². The zero-order chi connectivity index (χ0) is 16.2. The molecule has 0 atom stereocenters. The van der Waals surface area contributed by atoms with E-state index in [1.165, 1.54) is 16.4 Å². The highest BCUT2D eigenvalue weighted by Gasteiger charge is 2.14. The standard InChI is InChI=1S/C16H15N3O3S/c1-19-15(16(21)22-18-19)23-9-8-14(20)17-13-7-6-11-4-2-3-5-12(11)10-13/h2-7,10H,8-9H2,1H3,(H-,17,18,20,21). The van der Waals surface area contributed by atoms with E-state index in [0.717, 1.165) is 16.5 Å². The molecule has 1 N–H and O–H groups in total. The summed E-state index contributed by atoms with van der Waals surface area (Å²) in [5.41, 5.74) is 0.763. The molecule has 0 saturated carbocycles. The largest absolute Gasteiger partial charge is 0.538 e. The number of carbonyl (C=O) groups excluding carboxylic acids is 1. The number of anilines is 1. The number of thioether (sulfide) groups is 1. The molecule has 0 spiro atoms. The predicted octanol–water partition coefficient (Wildman–Crippen LogP) is 1.85. The van der Waals surface area contributed by atoms with Crippen molar-refractivity contribution in [3.8, 4) is 5.95 Å². The Hall–Kier alpha value is -2.54. The van der Waals surface area contributed by atoms with Crippen molar-refractivity contribution in [3.63, 3.8) is 0 Å². The summed E-state index contributed by atoms with van der Waals surface area (Å²) in [5, 5.41) is 20.3. The lowest BCUT2D eigenvalue weighted by Gasteiger charge is -2.06. The fourth-order valence-electron chi connectivity index (χ4n) is 2.19. The summed E-state index contributed by atoms with van der Waals surface area (Å²) >= 11 is 1.26. The topological polar surface area (TPSA) is 82.1 Å². The summed E-state index contributed by atoms with van der Waals surface area (Å²) in [6.07, 6.45) is 0.294. The molecule has 118 valence electrons. The van der Waals surface area contributed by atoms with Crippen molar-refractivity contribution in [2.75, 3.05) is 11.1 Å². The zero-order valence-electron chi connectivity index (χ0n) is 12.5. The molecule has 0 bridgehead atoms. The Bertz CT molecular complexity index is 828. The third kappa shape index (κ3) is 3.62. The fourth-order valence-corrected chi connectivity index (χ4v) is 3.05. The van der Waals surface area contributed by atoms with Gasteiger partial charge in [-0.25, -0.2) is 0 Å². The molecule has 0 fully saturated rings. The van der Waals surface area contributed by atoms with Crippen LogP contribution in [0.5, 0.6) is 5.95 Å². The number of aryl methyl sites for hydroxylation is 1. The van der Waals surface area contributed by atoms with Crippen LogP contribution in [0.1, 0.15) is 6.42 Å². The lowest BCUT2D eigenvalue weighted by atomic mass is 10.1. The molecule has 3 aromatic rings. The van der Waals surface area contributed by atoms with E-state index in [2.05, 4.69) is 15.1 Å². The number of hydrogen-bond donors (Lipinski definition) is 1. The van der Waals surface area contributed by atoms with Crippen molar-refractivity contribution >= 4 is 34.1 Å². The molecule has 6 nitrogen and oxygen atoms in total. The molecule has 7 heteroatoms. The number of fused-ring (bicyclic) bond motifs is 1.